The van der Waals surface area contributed by atoms with Crippen molar-refractivity contribution in [2.45, 2.75) is 6.92 Å². The molecule has 1 aliphatic heterocycles. The fraction of sp³-hybridized carbons (Fsp3) is 0.263. The standard InChI is InChI=1S/C19H19ClN6O/c1-14-22-23-19-18(21-8-9-26(14)19)25-12-10-24(11-13-25)17(27)7-6-15-4-2-3-5-16(15)20/h2-9H,10-13H2,1H3/b7-6+. The van der Waals surface area contributed by atoms with Crippen molar-refractivity contribution in [1.29, 1.82) is 0 Å². The van der Waals surface area contributed by atoms with E-state index in [0.29, 0.717) is 31.2 Å². The molecule has 1 aliphatic rings. The summed E-state index contributed by atoms with van der Waals surface area (Å²) in [7, 11) is 0. The van der Waals surface area contributed by atoms with Crippen LogP contribution >= 0.6 is 11.6 Å². The Morgan fingerprint density at radius 3 is 2.70 bits per heavy atom. The molecule has 1 saturated heterocycles. The van der Waals surface area contributed by atoms with E-state index in [0.717, 1.165) is 22.9 Å². The maximum Gasteiger partial charge on any atom is 0.246 e. The highest BCUT2D eigenvalue weighted by molar-refractivity contribution is 6.32. The van der Waals surface area contributed by atoms with E-state index in [-0.39, 0.29) is 5.91 Å². The molecule has 27 heavy (non-hydrogen) atoms. The third-order valence-corrected chi connectivity index (χ3v) is 5.02. The summed E-state index contributed by atoms with van der Waals surface area (Å²) in [6.07, 6.45) is 6.95. The molecule has 4 rings (SSSR count). The molecule has 0 atom stereocenters. The molecule has 0 spiro atoms. The summed E-state index contributed by atoms with van der Waals surface area (Å²) >= 11 is 6.13. The van der Waals surface area contributed by atoms with Crippen LogP contribution < -0.4 is 4.90 Å². The molecule has 3 aromatic rings. The Kier molecular flexibility index (Phi) is 4.77. The average molecular weight is 383 g/mol. The van der Waals surface area contributed by atoms with Crippen molar-refractivity contribution in [2.75, 3.05) is 31.1 Å². The van der Waals surface area contributed by atoms with Gasteiger partial charge in [0.15, 0.2) is 5.82 Å². The van der Waals surface area contributed by atoms with Gasteiger partial charge in [-0.15, -0.1) is 10.2 Å². The first kappa shape index (κ1) is 17.5. The van der Waals surface area contributed by atoms with E-state index < -0.39 is 0 Å². The van der Waals surface area contributed by atoms with Gasteiger partial charge in [0.05, 0.1) is 0 Å². The number of hydrogen-bond donors (Lipinski definition) is 0. The number of halogens is 1. The SMILES string of the molecule is Cc1nnc2c(N3CCN(C(=O)/C=C/c4ccccc4Cl)CC3)nccn12. The van der Waals surface area contributed by atoms with Gasteiger partial charge in [0.25, 0.3) is 0 Å². The second kappa shape index (κ2) is 7.36. The maximum atomic E-state index is 12.5. The summed E-state index contributed by atoms with van der Waals surface area (Å²) in [5, 5.41) is 8.97. The highest BCUT2D eigenvalue weighted by atomic mass is 35.5. The molecule has 1 amide bonds. The zero-order chi connectivity index (χ0) is 18.8. The lowest BCUT2D eigenvalue weighted by Gasteiger charge is -2.34. The van der Waals surface area contributed by atoms with Gasteiger partial charge in [-0.1, -0.05) is 29.8 Å². The van der Waals surface area contributed by atoms with Crippen LogP contribution in [0, 0.1) is 6.92 Å². The van der Waals surface area contributed by atoms with E-state index in [9.17, 15) is 4.79 Å². The first-order chi connectivity index (χ1) is 13.1. The maximum absolute atomic E-state index is 12.5. The van der Waals surface area contributed by atoms with Gasteiger partial charge >= 0.3 is 0 Å². The van der Waals surface area contributed by atoms with Crippen LogP contribution in [0.4, 0.5) is 5.82 Å². The molecule has 0 aliphatic carbocycles. The highest BCUT2D eigenvalue weighted by Crippen LogP contribution is 2.20. The second-order valence-corrected chi connectivity index (χ2v) is 6.77. The lowest BCUT2D eigenvalue weighted by atomic mass is 10.2. The van der Waals surface area contributed by atoms with Gasteiger partial charge in [0.1, 0.15) is 5.82 Å². The van der Waals surface area contributed by atoms with Crippen LogP contribution in [0.2, 0.25) is 5.02 Å². The number of amides is 1. The largest absolute Gasteiger partial charge is 0.350 e. The molecule has 7 nitrogen and oxygen atoms in total. The van der Waals surface area contributed by atoms with Crippen LogP contribution in [0.25, 0.3) is 11.7 Å². The number of anilines is 1. The van der Waals surface area contributed by atoms with Crippen LogP contribution in [0.1, 0.15) is 11.4 Å². The summed E-state index contributed by atoms with van der Waals surface area (Å²) in [4.78, 5) is 20.9. The van der Waals surface area contributed by atoms with Crippen LogP contribution in [0.15, 0.2) is 42.7 Å². The van der Waals surface area contributed by atoms with Crippen molar-refractivity contribution in [1.82, 2.24) is 24.5 Å². The molecule has 8 heteroatoms. The number of benzene rings is 1. The van der Waals surface area contributed by atoms with Crippen molar-refractivity contribution in [3.05, 3.63) is 59.1 Å². The molecule has 138 valence electrons. The van der Waals surface area contributed by atoms with Crippen molar-refractivity contribution in [2.24, 2.45) is 0 Å². The van der Waals surface area contributed by atoms with Gasteiger partial charge in [-0.2, -0.15) is 0 Å². The number of aryl methyl sites for hydroxylation is 1. The number of carbonyl (C=O) groups excluding carboxylic acids is 1. The minimum Gasteiger partial charge on any atom is -0.350 e. The van der Waals surface area contributed by atoms with E-state index >= 15 is 0 Å². The molecule has 2 aromatic heterocycles. The predicted octanol–water partition coefficient (Wildman–Crippen LogP) is 2.45. The number of rotatable bonds is 3. The van der Waals surface area contributed by atoms with Gasteiger partial charge in [0, 0.05) is 49.7 Å². The number of hydrogen-bond acceptors (Lipinski definition) is 5. The Morgan fingerprint density at radius 2 is 1.93 bits per heavy atom. The lowest BCUT2D eigenvalue weighted by molar-refractivity contribution is -0.126. The number of carbonyl (C=O) groups is 1. The third kappa shape index (κ3) is 3.50. The van der Waals surface area contributed by atoms with Crippen molar-refractivity contribution < 1.29 is 4.79 Å². The van der Waals surface area contributed by atoms with E-state index in [1.54, 1.807) is 18.3 Å². The van der Waals surface area contributed by atoms with Gasteiger partial charge in [-0.3, -0.25) is 9.20 Å². The average Bonchev–Trinajstić information content (AvgIpc) is 3.08. The Labute approximate surface area is 161 Å². The Bertz CT molecular complexity index is 1010. The van der Waals surface area contributed by atoms with Gasteiger partial charge in [-0.25, -0.2) is 4.98 Å². The Morgan fingerprint density at radius 1 is 1.15 bits per heavy atom. The zero-order valence-electron chi connectivity index (χ0n) is 14.9. The quantitative estimate of drug-likeness (QED) is 0.651. The molecule has 0 bridgehead atoms. The molecular formula is C19H19ClN6O. The number of aromatic nitrogens is 4. The minimum absolute atomic E-state index is 0.0148. The lowest BCUT2D eigenvalue weighted by Crippen LogP contribution is -2.48. The summed E-state index contributed by atoms with van der Waals surface area (Å²) in [6.45, 7) is 4.56. The minimum atomic E-state index is -0.0148. The van der Waals surface area contributed by atoms with E-state index in [1.165, 1.54) is 0 Å². The van der Waals surface area contributed by atoms with Crippen LogP contribution in [-0.4, -0.2) is 56.6 Å². The van der Waals surface area contributed by atoms with Crippen molar-refractivity contribution in [3.63, 3.8) is 0 Å². The van der Waals surface area contributed by atoms with Gasteiger partial charge in [-0.05, 0) is 24.6 Å². The van der Waals surface area contributed by atoms with Crippen LogP contribution in [0.3, 0.4) is 0 Å². The zero-order valence-corrected chi connectivity index (χ0v) is 15.7. The molecule has 3 heterocycles. The molecule has 0 radical (unpaired) electrons. The summed E-state index contributed by atoms with van der Waals surface area (Å²) < 4.78 is 1.92. The van der Waals surface area contributed by atoms with Crippen molar-refractivity contribution in [3.8, 4) is 0 Å². The third-order valence-electron chi connectivity index (χ3n) is 4.68. The number of piperazine rings is 1. The normalized spacial score (nSPS) is 15.0. The van der Waals surface area contributed by atoms with Gasteiger partial charge < -0.3 is 9.80 Å². The van der Waals surface area contributed by atoms with Gasteiger partial charge in [0.2, 0.25) is 11.6 Å². The topological polar surface area (TPSA) is 66.6 Å². The summed E-state index contributed by atoms with van der Waals surface area (Å²) in [6, 6.07) is 7.46. The second-order valence-electron chi connectivity index (χ2n) is 6.36. The highest BCUT2D eigenvalue weighted by Gasteiger charge is 2.23. The Hall–Kier alpha value is -2.93. The van der Waals surface area contributed by atoms with Crippen LogP contribution in [-0.2, 0) is 4.79 Å². The summed E-state index contributed by atoms with van der Waals surface area (Å²) in [5.41, 5.74) is 1.58. The molecule has 1 aromatic carbocycles. The summed E-state index contributed by atoms with van der Waals surface area (Å²) in [5.74, 6) is 1.61. The number of fused-ring (bicyclic) bond motifs is 1. The molecule has 0 unspecified atom stereocenters. The molecule has 0 N–H and O–H groups in total. The first-order valence-corrected chi connectivity index (χ1v) is 9.14. The fourth-order valence-corrected chi connectivity index (χ4v) is 3.37. The predicted molar refractivity (Wildman–Crippen MR) is 105 cm³/mol. The van der Waals surface area contributed by atoms with E-state index in [4.69, 9.17) is 11.6 Å². The van der Waals surface area contributed by atoms with Crippen LogP contribution in [0.5, 0.6) is 0 Å². The molecule has 1 fully saturated rings. The van der Waals surface area contributed by atoms with E-state index in [2.05, 4.69) is 20.1 Å². The smallest absolute Gasteiger partial charge is 0.246 e. The fourth-order valence-electron chi connectivity index (χ4n) is 3.17. The molecule has 0 saturated carbocycles. The van der Waals surface area contributed by atoms with Crippen molar-refractivity contribution >= 4 is 35.0 Å². The number of nitrogens with zero attached hydrogens (tertiary/aromatic N) is 6. The first-order valence-electron chi connectivity index (χ1n) is 8.76. The Balaban J connectivity index is 1.43. The monoisotopic (exact) mass is 382 g/mol. The molecular weight excluding hydrogens is 364 g/mol. The van der Waals surface area contributed by atoms with E-state index in [1.807, 2.05) is 46.7 Å².